The van der Waals surface area contributed by atoms with Gasteiger partial charge in [0.15, 0.2) is 0 Å². The third-order valence-electron chi connectivity index (χ3n) is 3.36. The lowest BCUT2D eigenvalue weighted by molar-refractivity contribution is 0.376. The summed E-state index contributed by atoms with van der Waals surface area (Å²) in [4.78, 5) is 1.41. The minimum atomic E-state index is -0.0685. The molecule has 20 heavy (non-hydrogen) atoms. The van der Waals surface area contributed by atoms with E-state index in [0.29, 0.717) is 0 Å². The van der Waals surface area contributed by atoms with E-state index >= 15 is 0 Å². The van der Waals surface area contributed by atoms with Crippen molar-refractivity contribution in [1.82, 2.24) is 0 Å². The molecule has 0 spiro atoms. The van der Waals surface area contributed by atoms with Gasteiger partial charge in [-0.25, -0.2) is 0 Å². The summed E-state index contributed by atoms with van der Waals surface area (Å²) in [6, 6.07) is 9.96. The van der Waals surface area contributed by atoms with E-state index in [1.54, 1.807) is 25.6 Å². The molecule has 1 unspecified atom stereocenters. The zero-order chi connectivity index (χ0) is 14.4. The number of methoxy groups -OCH3 is 2. The topological polar surface area (TPSA) is 44.5 Å². The maximum absolute atomic E-state index is 6.33. The SMILES string of the molecule is COc1cccc(OC)c1C(N)CCCc1cccs1. The maximum Gasteiger partial charge on any atom is 0.127 e. The molecule has 2 aromatic rings. The number of rotatable bonds is 7. The van der Waals surface area contributed by atoms with Crippen molar-refractivity contribution in [2.75, 3.05) is 14.2 Å². The largest absolute Gasteiger partial charge is 0.496 e. The van der Waals surface area contributed by atoms with E-state index in [1.165, 1.54) is 4.88 Å². The predicted octanol–water partition coefficient (Wildman–Crippen LogP) is 3.79. The molecule has 0 saturated heterocycles. The molecule has 0 fully saturated rings. The van der Waals surface area contributed by atoms with E-state index in [0.717, 1.165) is 36.3 Å². The fourth-order valence-corrected chi connectivity index (χ4v) is 3.09. The molecule has 0 amide bonds. The number of aryl methyl sites for hydroxylation is 1. The van der Waals surface area contributed by atoms with Crippen LogP contribution in [-0.2, 0) is 6.42 Å². The zero-order valence-electron chi connectivity index (χ0n) is 12.0. The molecular formula is C16H21NO2S. The second-order valence-electron chi connectivity index (χ2n) is 4.65. The monoisotopic (exact) mass is 291 g/mol. The number of nitrogens with two attached hydrogens (primary N) is 1. The lowest BCUT2D eigenvalue weighted by atomic mass is 9.99. The maximum atomic E-state index is 6.33. The van der Waals surface area contributed by atoms with Gasteiger partial charge in [-0.2, -0.15) is 0 Å². The molecule has 0 aliphatic rings. The summed E-state index contributed by atoms with van der Waals surface area (Å²) >= 11 is 1.80. The normalized spacial score (nSPS) is 12.2. The second-order valence-corrected chi connectivity index (χ2v) is 5.69. The third-order valence-corrected chi connectivity index (χ3v) is 4.29. The van der Waals surface area contributed by atoms with Crippen molar-refractivity contribution in [3.63, 3.8) is 0 Å². The lowest BCUT2D eigenvalue weighted by Crippen LogP contribution is -2.13. The van der Waals surface area contributed by atoms with Gasteiger partial charge in [-0.15, -0.1) is 11.3 Å². The standard InChI is InChI=1S/C16H21NO2S/c1-18-14-9-4-10-15(19-2)16(14)13(17)8-3-6-12-7-5-11-20-12/h4-5,7,9-11,13H,3,6,8,17H2,1-2H3. The minimum absolute atomic E-state index is 0.0685. The summed E-state index contributed by atoms with van der Waals surface area (Å²) in [6.07, 6.45) is 3.04. The van der Waals surface area contributed by atoms with Crippen LogP contribution in [0.25, 0.3) is 0 Å². The molecular weight excluding hydrogens is 270 g/mol. The molecule has 0 radical (unpaired) electrons. The van der Waals surface area contributed by atoms with Crippen molar-refractivity contribution < 1.29 is 9.47 Å². The molecule has 2 rings (SSSR count). The van der Waals surface area contributed by atoms with Crippen LogP contribution in [-0.4, -0.2) is 14.2 Å². The molecule has 108 valence electrons. The molecule has 2 N–H and O–H groups in total. The summed E-state index contributed by atoms with van der Waals surface area (Å²) in [6.45, 7) is 0. The molecule has 1 aromatic heterocycles. The Morgan fingerprint density at radius 1 is 1.10 bits per heavy atom. The van der Waals surface area contributed by atoms with Crippen LogP contribution in [0.5, 0.6) is 11.5 Å². The van der Waals surface area contributed by atoms with E-state index in [1.807, 2.05) is 18.2 Å². The van der Waals surface area contributed by atoms with Crippen LogP contribution in [0.1, 0.15) is 29.3 Å². The molecule has 1 heterocycles. The lowest BCUT2D eigenvalue weighted by Gasteiger charge is -2.18. The van der Waals surface area contributed by atoms with Gasteiger partial charge in [-0.05, 0) is 42.8 Å². The Kier molecular flexibility index (Phi) is 5.44. The van der Waals surface area contributed by atoms with E-state index < -0.39 is 0 Å². The summed E-state index contributed by atoms with van der Waals surface area (Å²) in [5.41, 5.74) is 7.29. The number of thiophene rings is 1. The molecule has 0 aliphatic heterocycles. The Morgan fingerprint density at radius 2 is 1.80 bits per heavy atom. The summed E-state index contributed by atoms with van der Waals surface area (Å²) in [5, 5.41) is 2.11. The van der Waals surface area contributed by atoms with Crippen LogP contribution in [0.2, 0.25) is 0 Å². The molecule has 0 saturated carbocycles. The average molecular weight is 291 g/mol. The van der Waals surface area contributed by atoms with Crippen LogP contribution in [0.4, 0.5) is 0 Å². The highest BCUT2D eigenvalue weighted by atomic mass is 32.1. The first-order valence-electron chi connectivity index (χ1n) is 6.75. The highest BCUT2D eigenvalue weighted by Crippen LogP contribution is 2.35. The first kappa shape index (κ1) is 14.9. The number of hydrogen-bond donors (Lipinski definition) is 1. The van der Waals surface area contributed by atoms with Gasteiger partial charge in [0.2, 0.25) is 0 Å². The Balaban J connectivity index is 2.02. The smallest absolute Gasteiger partial charge is 0.127 e. The summed E-state index contributed by atoms with van der Waals surface area (Å²) in [7, 11) is 3.33. The summed E-state index contributed by atoms with van der Waals surface area (Å²) < 4.78 is 10.8. The second kappa shape index (κ2) is 7.31. The van der Waals surface area contributed by atoms with Crippen molar-refractivity contribution in [2.45, 2.75) is 25.3 Å². The van der Waals surface area contributed by atoms with E-state index in [-0.39, 0.29) is 6.04 Å². The van der Waals surface area contributed by atoms with Crippen LogP contribution < -0.4 is 15.2 Å². The van der Waals surface area contributed by atoms with Crippen molar-refractivity contribution in [2.24, 2.45) is 5.73 Å². The van der Waals surface area contributed by atoms with Crippen LogP contribution in [0, 0.1) is 0 Å². The van der Waals surface area contributed by atoms with Crippen molar-refractivity contribution in [3.05, 3.63) is 46.2 Å². The van der Waals surface area contributed by atoms with Crippen LogP contribution in [0.3, 0.4) is 0 Å². The van der Waals surface area contributed by atoms with Crippen molar-refractivity contribution in [3.8, 4) is 11.5 Å². The van der Waals surface area contributed by atoms with Gasteiger partial charge >= 0.3 is 0 Å². The van der Waals surface area contributed by atoms with E-state index in [2.05, 4.69) is 17.5 Å². The molecule has 1 atom stereocenters. The Labute approximate surface area is 124 Å². The molecule has 4 heteroatoms. The van der Waals surface area contributed by atoms with Gasteiger partial charge in [-0.3, -0.25) is 0 Å². The van der Waals surface area contributed by atoms with E-state index in [4.69, 9.17) is 15.2 Å². The molecule has 3 nitrogen and oxygen atoms in total. The fourth-order valence-electron chi connectivity index (χ4n) is 2.34. The number of ether oxygens (including phenoxy) is 2. The van der Waals surface area contributed by atoms with Gasteiger partial charge in [0.1, 0.15) is 11.5 Å². The fraction of sp³-hybridized carbons (Fsp3) is 0.375. The Hall–Kier alpha value is -1.52. The predicted molar refractivity (Wildman–Crippen MR) is 83.7 cm³/mol. The highest BCUT2D eigenvalue weighted by Gasteiger charge is 2.17. The summed E-state index contributed by atoms with van der Waals surface area (Å²) in [5.74, 6) is 1.60. The zero-order valence-corrected chi connectivity index (χ0v) is 12.8. The van der Waals surface area contributed by atoms with Crippen LogP contribution in [0.15, 0.2) is 35.7 Å². The van der Waals surface area contributed by atoms with Gasteiger partial charge in [0.25, 0.3) is 0 Å². The number of hydrogen-bond acceptors (Lipinski definition) is 4. The highest BCUT2D eigenvalue weighted by molar-refractivity contribution is 7.09. The van der Waals surface area contributed by atoms with Crippen molar-refractivity contribution >= 4 is 11.3 Å². The molecule has 0 aliphatic carbocycles. The third kappa shape index (κ3) is 3.52. The average Bonchev–Trinajstić information content (AvgIpc) is 2.99. The minimum Gasteiger partial charge on any atom is -0.496 e. The quantitative estimate of drug-likeness (QED) is 0.844. The Bertz CT molecular complexity index is 503. The van der Waals surface area contributed by atoms with Gasteiger partial charge in [-0.1, -0.05) is 12.1 Å². The first-order valence-corrected chi connectivity index (χ1v) is 7.63. The van der Waals surface area contributed by atoms with Gasteiger partial charge < -0.3 is 15.2 Å². The molecule has 1 aromatic carbocycles. The van der Waals surface area contributed by atoms with Crippen LogP contribution >= 0.6 is 11.3 Å². The van der Waals surface area contributed by atoms with Crippen molar-refractivity contribution in [1.29, 1.82) is 0 Å². The van der Waals surface area contributed by atoms with Gasteiger partial charge in [0.05, 0.1) is 19.8 Å². The van der Waals surface area contributed by atoms with E-state index in [9.17, 15) is 0 Å². The first-order chi connectivity index (χ1) is 9.76. The number of benzene rings is 1. The molecule has 0 bridgehead atoms. The van der Waals surface area contributed by atoms with Gasteiger partial charge in [0, 0.05) is 10.9 Å². The Morgan fingerprint density at radius 3 is 2.35 bits per heavy atom.